The normalized spacial score (nSPS) is 15.0. The second kappa shape index (κ2) is 8.26. The van der Waals surface area contributed by atoms with E-state index in [0.717, 1.165) is 4.47 Å². The molecule has 3 rings (SSSR count). The number of anilines is 1. The van der Waals surface area contributed by atoms with Crippen LogP contribution in [0.15, 0.2) is 52.5 Å². The van der Waals surface area contributed by atoms with Crippen LogP contribution in [0.4, 0.5) is 5.69 Å². The Bertz CT molecular complexity index is 969. The average Bonchev–Trinajstić information content (AvgIpc) is 2.97. The van der Waals surface area contributed by atoms with Gasteiger partial charge in [-0.2, -0.15) is 0 Å². The maximum absolute atomic E-state index is 12.7. The number of methoxy groups -OCH3 is 1. The van der Waals surface area contributed by atoms with Gasteiger partial charge < -0.3 is 9.47 Å². The minimum absolute atomic E-state index is 0.0109. The molecule has 0 aliphatic carbocycles. The monoisotopic (exact) mass is 444 g/mol. The molecular weight excluding hydrogens is 428 g/mol. The van der Waals surface area contributed by atoms with Gasteiger partial charge in [0.25, 0.3) is 11.8 Å². The number of rotatable bonds is 5. The first kappa shape index (κ1) is 19.6. The molecule has 1 saturated heterocycles. The highest BCUT2D eigenvalue weighted by atomic mass is 79.9. The van der Waals surface area contributed by atoms with E-state index >= 15 is 0 Å². The standard InChI is InChI=1S/C20H17BrN2O5/c1-3-18(24)28-16-9-4-12(11-17(16)27-2)10-15-19(25)22-23(20(15)26)14-7-5-13(21)6-8-14/h4-11H,3H2,1-2H3,(H,22,25)/b15-10-. The van der Waals surface area contributed by atoms with Crippen LogP contribution in [0, 0.1) is 0 Å². The number of hydrogen-bond acceptors (Lipinski definition) is 5. The lowest BCUT2D eigenvalue weighted by atomic mass is 10.1. The molecule has 1 aliphatic rings. The lowest BCUT2D eigenvalue weighted by molar-refractivity contribution is -0.134. The first-order valence-electron chi connectivity index (χ1n) is 8.44. The zero-order chi connectivity index (χ0) is 20.3. The highest BCUT2D eigenvalue weighted by molar-refractivity contribution is 9.10. The van der Waals surface area contributed by atoms with Gasteiger partial charge in [-0.15, -0.1) is 0 Å². The van der Waals surface area contributed by atoms with Crippen molar-refractivity contribution in [1.29, 1.82) is 0 Å². The van der Waals surface area contributed by atoms with Gasteiger partial charge in [-0.3, -0.25) is 19.8 Å². The Morgan fingerprint density at radius 2 is 1.86 bits per heavy atom. The minimum atomic E-state index is -0.506. The van der Waals surface area contributed by atoms with Gasteiger partial charge in [0, 0.05) is 10.9 Å². The summed E-state index contributed by atoms with van der Waals surface area (Å²) in [7, 11) is 1.44. The fraction of sp³-hybridized carbons (Fsp3) is 0.150. The summed E-state index contributed by atoms with van der Waals surface area (Å²) in [5.74, 6) is -0.761. The van der Waals surface area contributed by atoms with Crippen molar-refractivity contribution in [1.82, 2.24) is 5.43 Å². The van der Waals surface area contributed by atoms with Crippen LogP contribution in [-0.2, 0) is 14.4 Å². The molecule has 7 nitrogen and oxygen atoms in total. The third kappa shape index (κ3) is 4.07. The number of esters is 1. The number of nitrogens with zero attached hydrogens (tertiary/aromatic N) is 1. The third-order valence-electron chi connectivity index (χ3n) is 3.99. The Kier molecular flexibility index (Phi) is 5.79. The van der Waals surface area contributed by atoms with Gasteiger partial charge in [-0.1, -0.05) is 28.9 Å². The van der Waals surface area contributed by atoms with E-state index in [1.807, 2.05) is 0 Å². The van der Waals surface area contributed by atoms with Gasteiger partial charge >= 0.3 is 5.97 Å². The van der Waals surface area contributed by atoms with Gasteiger partial charge in [0.1, 0.15) is 5.57 Å². The zero-order valence-corrected chi connectivity index (χ0v) is 16.8. The number of amides is 2. The van der Waals surface area contributed by atoms with Gasteiger partial charge in [-0.05, 0) is 48.0 Å². The summed E-state index contributed by atoms with van der Waals surface area (Å²) in [5, 5.41) is 1.19. The summed E-state index contributed by atoms with van der Waals surface area (Å²) in [4.78, 5) is 36.5. The van der Waals surface area contributed by atoms with Crippen molar-refractivity contribution in [2.24, 2.45) is 0 Å². The number of hydrazine groups is 1. The molecule has 8 heteroatoms. The number of nitrogens with one attached hydrogen (secondary N) is 1. The van der Waals surface area contributed by atoms with Crippen LogP contribution in [0.1, 0.15) is 18.9 Å². The van der Waals surface area contributed by atoms with Crippen molar-refractivity contribution in [3.05, 3.63) is 58.1 Å². The Balaban J connectivity index is 1.88. The van der Waals surface area contributed by atoms with E-state index in [9.17, 15) is 14.4 Å². The van der Waals surface area contributed by atoms with E-state index in [2.05, 4.69) is 21.4 Å². The summed E-state index contributed by atoms with van der Waals surface area (Å²) >= 11 is 3.33. The third-order valence-corrected chi connectivity index (χ3v) is 4.52. The van der Waals surface area contributed by atoms with Crippen LogP contribution in [0.25, 0.3) is 6.08 Å². The van der Waals surface area contributed by atoms with Gasteiger partial charge in [0.05, 0.1) is 12.8 Å². The molecule has 2 amide bonds. The second-order valence-corrected chi connectivity index (χ2v) is 6.77. The molecule has 0 atom stereocenters. The van der Waals surface area contributed by atoms with Gasteiger partial charge in [0.2, 0.25) is 0 Å². The highest BCUT2D eigenvalue weighted by Crippen LogP contribution is 2.30. The predicted octanol–water partition coefficient (Wildman–Crippen LogP) is 3.23. The number of halogens is 1. The lowest BCUT2D eigenvalue weighted by Crippen LogP contribution is -2.35. The number of benzene rings is 2. The largest absolute Gasteiger partial charge is 0.493 e. The van der Waals surface area contributed by atoms with Crippen molar-refractivity contribution in [3.63, 3.8) is 0 Å². The van der Waals surface area contributed by atoms with Crippen LogP contribution >= 0.6 is 15.9 Å². The van der Waals surface area contributed by atoms with Crippen molar-refractivity contribution < 1.29 is 23.9 Å². The van der Waals surface area contributed by atoms with Gasteiger partial charge in [0.15, 0.2) is 11.5 Å². The molecule has 0 spiro atoms. The van der Waals surface area contributed by atoms with Gasteiger partial charge in [-0.25, -0.2) is 5.01 Å². The second-order valence-electron chi connectivity index (χ2n) is 5.85. The van der Waals surface area contributed by atoms with Crippen LogP contribution in [-0.4, -0.2) is 24.9 Å². The smallest absolute Gasteiger partial charge is 0.311 e. The van der Waals surface area contributed by atoms with E-state index in [1.54, 1.807) is 49.4 Å². The van der Waals surface area contributed by atoms with E-state index in [-0.39, 0.29) is 23.7 Å². The number of hydrogen-bond donors (Lipinski definition) is 1. The fourth-order valence-electron chi connectivity index (χ4n) is 2.55. The maximum atomic E-state index is 12.7. The number of carbonyl (C=O) groups excluding carboxylic acids is 3. The molecule has 1 N–H and O–H groups in total. The Labute approximate surface area is 170 Å². The summed E-state index contributed by atoms with van der Waals surface area (Å²) < 4.78 is 11.3. The molecular formula is C20H17BrN2O5. The molecule has 0 aromatic heterocycles. The zero-order valence-electron chi connectivity index (χ0n) is 15.2. The molecule has 0 saturated carbocycles. The van der Waals surface area contributed by atoms with Crippen LogP contribution < -0.4 is 19.9 Å². The van der Waals surface area contributed by atoms with Crippen molar-refractivity contribution in [3.8, 4) is 11.5 Å². The molecule has 1 heterocycles. The van der Waals surface area contributed by atoms with E-state index in [0.29, 0.717) is 17.0 Å². The Morgan fingerprint density at radius 1 is 1.14 bits per heavy atom. The van der Waals surface area contributed by atoms with E-state index in [4.69, 9.17) is 9.47 Å². The Hall–Kier alpha value is -3.13. The molecule has 144 valence electrons. The SMILES string of the molecule is CCC(=O)Oc1ccc(/C=C2/C(=O)NN(c3ccc(Br)cc3)C2=O)cc1OC. The molecule has 0 radical (unpaired) electrons. The van der Waals surface area contributed by atoms with Crippen molar-refractivity contribution >= 4 is 45.5 Å². The summed E-state index contributed by atoms with van der Waals surface area (Å²) in [6, 6.07) is 11.8. The molecule has 2 aromatic rings. The number of ether oxygens (including phenoxy) is 2. The van der Waals surface area contributed by atoms with E-state index < -0.39 is 11.8 Å². The minimum Gasteiger partial charge on any atom is -0.493 e. The summed E-state index contributed by atoms with van der Waals surface area (Å²) in [5.41, 5.74) is 3.64. The van der Waals surface area contributed by atoms with Crippen LogP contribution in [0.3, 0.4) is 0 Å². The number of carbonyl (C=O) groups is 3. The lowest BCUT2D eigenvalue weighted by Gasteiger charge is -2.14. The highest BCUT2D eigenvalue weighted by Gasteiger charge is 2.34. The van der Waals surface area contributed by atoms with Crippen molar-refractivity contribution in [2.45, 2.75) is 13.3 Å². The van der Waals surface area contributed by atoms with Crippen LogP contribution in [0.5, 0.6) is 11.5 Å². The first-order valence-corrected chi connectivity index (χ1v) is 9.23. The van der Waals surface area contributed by atoms with Crippen molar-refractivity contribution in [2.75, 3.05) is 12.1 Å². The molecule has 1 aliphatic heterocycles. The van der Waals surface area contributed by atoms with Crippen LogP contribution in [0.2, 0.25) is 0 Å². The topological polar surface area (TPSA) is 84.9 Å². The molecule has 1 fully saturated rings. The fourth-order valence-corrected chi connectivity index (χ4v) is 2.81. The average molecular weight is 445 g/mol. The molecule has 2 aromatic carbocycles. The molecule has 0 bridgehead atoms. The molecule has 28 heavy (non-hydrogen) atoms. The summed E-state index contributed by atoms with van der Waals surface area (Å²) in [6.45, 7) is 1.69. The maximum Gasteiger partial charge on any atom is 0.311 e. The molecule has 0 unspecified atom stereocenters. The first-order chi connectivity index (χ1) is 13.4. The predicted molar refractivity (Wildman–Crippen MR) is 107 cm³/mol. The van der Waals surface area contributed by atoms with E-state index in [1.165, 1.54) is 18.2 Å². The Morgan fingerprint density at radius 3 is 2.50 bits per heavy atom. The summed E-state index contributed by atoms with van der Waals surface area (Å²) in [6.07, 6.45) is 1.69. The quantitative estimate of drug-likeness (QED) is 0.331.